The van der Waals surface area contributed by atoms with E-state index in [0.29, 0.717) is 5.56 Å². The molecule has 1 N–H and O–H groups in total. The Morgan fingerprint density at radius 2 is 2.00 bits per heavy atom. The Hall–Kier alpha value is -2.94. The first kappa shape index (κ1) is 20.9. The van der Waals surface area contributed by atoms with Crippen LogP contribution < -0.4 is 10.1 Å². The molecule has 2 aromatic carbocycles. The van der Waals surface area contributed by atoms with Crippen molar-refractivity contribution in [2.45, 2.75) is 19.5 Å². The summed E-state index contributed by atoms with van der Waals surface area (Å²) in [5, 5.41) is 4.95. The molecule has 0 unspecified atom stereocenters. The number of nitrogens with one attached hydrogen (secondary N) is 1. The van der Waals surface area contributed by atoms with Crippen LogP contribution in [0.25, 0.3) is 10.2 Å². The number of thiazole rings is 1. The number of esters is 1. The zero-order valence-corrected chi connectivity index (χ0v) is 19.5. The van der Waals surface area contributed by atoms with Crippen molar-refractivity contribution in [3.05, 3.63) is 70.1 Å². The van der Waals surface area contributed by atoms with Crippen LogP contribution in [0, 0.1) is 0 Å². The van der Waals surface area contributed by atoms with Crippen LogP contribution >= 0.6 is 22.7 Å². The maximum atomic E-state index is 12.7. The summed E-state index contributed by atoms with van der Waals surface area (Å²) < 4.78 is 11.5. The van der Waals surface area contributed by atoms with Gasteiger partial charge in [-0.25, -0.2) is 9.78 Å². The van der Waals surface area contributed by atoms with Crippen molar-refractivity contribution in [1.82, 2.24) is 9.88 Å². The molecule has 0 bridgehead atoms. The van der Waals surface area contributed by atoms with Crippen molar-refractivity contribution in [1.29, 1.82) is 0 Å². The van der Waals surface area contributed by atoms with Crippen LogP contribution in [0.4, 0.5) is 10.1 Å². The van der Waals surface area contributed by atoms with Gasteiger partial charge >= 0.3 is 5.97 Å². The van der Waals surface area contributed by atoms with Gasteiger partial charge in [-0.05, 0) is 35.7 Å². The number of fused-ring (bicyclic) bond motifs is 2. The van der Waals surface area contributed by atoms with Crippen molar-refractivity contribution in [3.63, 3.8) is 0 Å². The van der Waals surface area contributed by atoms with Crippen molar-refractivity contribution < 1.29 is 14.3 Å². The van der Waals surface area contributed by atoms with Gasteiger partial charge in [0.05, 0.1) is 30.0 Å². The molecule has 0 amide bonds. The van der Waals surface area contributed by atoms with E-state index in [1.807, 2.05) is 24.3 Å². The number of benzene rings is 2. The van der Waals surface area contributed by atoms with Gasteiger partial charge in [0, 0.05) is 24.5 Å². The van der Waals surface area contributed by atoms with Gasteiger partial charge in [0.1, 0.15) is 10.8 Å². The summed E-state index contributed by atoms with van der Waals surface area (Å²) >= 11 is 3.16. The third-order valence-corrected chi connectivity index (χ3v) is 7.66. The highest BCUT2D eigenvalue weighted by Gasteiger charge is 2.29. The molecule has 6 nitrogen and oxygen atoms in total. The fourth-order valence-electron chi connectivity index (χ4n) is 4.02. The summed E-state index contributed by atoms with van der Waals surface area (Å²) in [6, 6.07) is 16.3. The minimum Gasteiger partial charge on any atom is -0.497 e. The molecule has 3 heterocycles. The fourth-order valence-corrected chi connectivity index (χ4v) is 6.26. The molecule has 2 aromatic heterocycles. The number of methoxy groups -OCH3 is 2. The largest absolute Gasteiger partial charge is 0.497 e. The smallest absolute Gasteiger partial charge is 0.341 e. The van der Waals surface area contributed by atoms with Crippen LogP contribution in [0.15, 0.2) is 48.5 Å². The van der Waals surface area contributed by atoms with E-state index in [9.17, 15) is 4.79 Å². The molecule has 4 aromatic rings. The van der Waals surface area contributed by atoms with Gasteiger partial charge in [0.25, 0.3) is 0 Å². The first-order chi connectivity index (χ1) is 15.6. The van der Waals surface area contributed by atoms with Crippen molar-refractivity contribution in [3.8, 4) is 5.75 Å². The average molecular weight is 466 g/mol. The average Bonchev–Trinajstić information content (AvgIpc) is 3.38. The highest BCUT2D eigenvalue weighted by Crippen LogP contribution is 2.40. The van der Waals surface area contributed by atoms with Gasteiger partial charge in [-0.2, -0.15) is 0 Å². The van der Waals surface area contributed by atoms with Crippen LogP contribution in [0.5, 0.6) is 5.75 Å². The Labute approximate surface area is 194 Å². The summed E-state index contributed by atoms with van der Waals surface area (Å²) in [5.74, 6) is 0.498. The van der Waals surface area contributed by atoms with E-state index >= 15 is 0 Å². The second-order valence-corrected chi connectivity index (χ2v) is 9.76. The molecule has 164 valence electrons. The van der Waals surface area contributed by atoms with E-state index in [1.54, 1.807) is 18.4 Å². The quantitative estimate of drug-likeness (QED) is 0.382. The van der Waals surface area contributed by atoms with Gasteiger partial charge in [-0.15, -0.1) is 11.3 Å². The van der Waals surface area contributed by atoms with Crippen LogP contribution in [-0.2, 0) is 24.2 Å². The predicted molar refractivity (Wildman–Crippen MR) is 129 cm³/mol. The third kappa shape index (κ3) is 4.09. The lowest BCUT2D eigenvalue weighted by Crippen LogP contribution is -2.29. The SMILES string of the molecule is COC(=O)c1c(Nc2nc3ccc(OC)cc3s2)sc2c1CCN(Cc1ccccc1)C2. The normalized spacial score (nSPS) is 13.7. The molecule has 32 heavy (non-hydrogen) atoms. The molecule has 0 saturated heterocycles. The summed E-state index contributed by atoms with van der Waals surface area (Å²) in [5.41, 5.74) is 3.93. The highest BCUT2D eigenvalue weighted by atomic mass is 32.1. The Morgan fingerprint density at radius 1 is 1.16 bits per heavy atom. The second kappa shape index (κ2) is 8.90. The van der Waals surface area contributed by atoms with Gasteiger partial charge in [0.2, 0.25) is 0 Å². The number of ether oxygens (including phenoxy) is 2. The Bertz CT molecular complexity index is 1270. The molecule has 8 heteroatoms. The molecular weight excluding hydrogens is 442 g/mol. The number of aromatic nitrogens is 1. The Kier molecular flexibility index (Phi) is 5.82. The Balaban J connectivity index is 1.43. The lowest BCUT2D eigenvalue weighted by Gasteiger charge is -2.27. The first-order valence-electron chi connectivity index (χ1n) is 10.4. The summed E-state index contributed by atoms with van der Waals surface area (Å²) in [6.07, 6.45) is 0.821. The molecule has 0 radical (unpaired) electrons. The Morgan fingerprint density at radius 3 is 2.78 bits per heavy atom. The van der Waals surface area contributed by atoms with Gasteiger partial charge in [-0.1, -0.05) is 41.7 Å². The molecule has 5 rings (SSSR count). The van der Waals surface area contributed by atoms with Crippen molar-refractivity contribution in [2.24, 2.45) is 0 Å². The second-order valence-electron chi connectivity index (χ2n) is 7.62. The van der Waals surface area contributed by atoms with E-state index in [2.05, 4.69) is 39.5 Å². The van der Waals surface area contributed by atoms with E-state index < -0.39 is 0 Å². The van der Waals surface area contributed by atoms with E-state index in [4.69, 9.17) is 9.47 Å². The molecule has 0 fully saturated rings. The number of nitrogens with zero attached hydrogens (tertiary/aromatic N) is 2. The molecule has 0 atom stereocenters. The standard InChI is InChI=1S/C24H23N3O3S2/c1-29-16-8-9-18-19(12-16)32-24(25-18)26-22-21(23(28)30-2)17-10-11-27(14-20(17)31-22)13-15-6-4-3-5-7-15/h3-9,12H,10-11,13-14H2,1-2H3,(H,25,26). The third-order valence-electron chi connectivity index (χ3n) is 5.59. The molecule has 0 aliphatic carbocycles. The summed E-state index contributed by atoms with van der Waals surface area (Å²) in [7, 11) is 3.09. The van der Waals surface area contributed by atoms with Crippen LogP contribution in [0.2, 0.25) is 0 Å². The van der Waals surface area contributed by atoms with Crippen LogP contribution in [-0.4, -0.2) is 36.6 Å². The van der Waals surface area contributed by atoms with Crippen molar-refractivity contribution in [2.75, 3.05) is 26.1 Å². The minimum absolute atomic E-state index is 0.302. The van der Waals surface area contributed by atoms with Crippen LogP contribution in [0.3, 0.4) is 0 Å². The van der Waals surface area contributed by atoms with E-state index in [0.717, 1.165) is 57.7 Å². The predicted octanol–water partition coefficient (Wildman–Crippen LogP) is 5.45. The highest BCUT2D eigenvalue weighted by molar-refractivity contribution is 7.23. The van der Waals surface area contributed by atoms with Crippen molar-refractivity contribution >= 4 is 49.0 Å². The minimum atomic E-state index is -0.302. The zero-order chi connectivity index (χ0) is 22.1. The summed E-state index contributed by atoms with van der Waals surface area (Å²) in [4.78, 5) is 21.0. The van der Waals surface area contributed by atoms with Gasteiger partial charge in [-0.3, -0.25) is 4.90 Å². The van der Waals surface area contributed by atoms with Gasteiger partial charge in [0.15, 0.2) is 5.13 Å². The molecule has 1 aliphatic heterocycles. The number of carbonyl (C=O) groups excluding carboxylic acids is 1. The number of carbonyl (C=O) groups is 1. The summed E-state index contributed by atoms with van der Waals surface area (Å²) in [6.45, 7) is 2.62. The maximum Gasteiger partial charge on any atom is 0.341 e. The number of anilines is 2. The zero-order valence-electron chi connectivity index (χ0n) is 17.9. The maximum absolute atomic E-state index is 12.7. The fraction of sp³-hybridized carbons (Fsp3) is 0.250. The molecule has 0 spiro atoms. The van der Waals surface area contributed by atoms with E-state index in [-0.39, 0.29) is 5.97 Å². The van der Waals surface area contributed by atoms with Gasteiger partial charge < -0.3 is 14.8 Å². The lowest BCUT2D eigenvalue weighted by molar-refractivity contribution is 0.0600. The monoisotopic (exact) mass is 465 g/mol. The van der Waals surface area contributed by atoms with Crippen LogP contribution in [0.1, 0.15) is 26.4 Å². The number of rotatable bonds is 6. The number of thiophene rings is 1. The number of hydrogen-bond acceptors (Lipinski definition) is 8. The lowest BCUT2D eigenvalue weighted by atomic mass is 10.0. The first-order valence-corrected chi connectivity index (χ1v) is 12.0. The van der Waals surface area contributed by atoms with E-state index in [1.165, 1.54) is 28.9 Å². The number of hydrogen-bond donors (Lipinski definition) is 1. The molecular formula is C24H23N3O3S2. The topological polar surface area (TPSA) is 63.7 Å². The molecule has 1 aliphatic rings. The molecule has 0 saturated carbocycles.